The highest BCUT2D eigenvalue weighted by molar-refractivity contribution is 5.28. The molecule has 1 aromatic rings. The maximum Gasteiger partial charge on any atom is 0.266 e. The van der Waals surface area contributed by atoms with Gasteiger partial charge in [0.25, 0.3) is 5.95 Å². The van der Waals surface area contributed by atoms with Crippen LogP contribution in [0.15, 0.2) is 4.52 Å². The molecule has 78 valence electrons. The molecule has 5 nitrogen and oxygen atoms in total. The second-order valence-corrected chi connectivity index (χ2v) is 3.53. The van der Waals surface area contributed by atoms with Crippen LogP contribution in [0.4, 0.5) is 5.95 Å². The summed E-state index contributed by atoms with van der Waals surface area (Å²) in [6.45, 7) is 9.29. The van der Waals surface area contributed by atoms with Crippen LogP contribution in [0.25, 0.3) is 0 Å². The number of rotatable bonds is 2. The monoisotopic (exact) mass is 196 g/mol. The summed E-state index contributed by atoms with van der Waals surface area (Å²) >= 11 is 0. The van der Waals surface area contributed by atoms with Crippen LogP contribution in [0.5, 0.6) is 0 Å². The first kappa shape index (κ1) is 9.45. The van der Waals surface area contributed by atoms with Crippen LogP contribution in [0.2, 0.25) is 0 Å². The van der Waals surface area contributed by atoms with E-state index in [2.05, 4.69) is 26.9 Å². The fourth-order valence-corrected chi connectivity index (χ4v) is 1.68. The van der Waals surface area contributed by atoms with E-state index in [0.717, 1.165) is 38.7 Å². The van der Waals surface area contributed by atoms with Gasteiger partial charge in [0.15, 0.2) is 0 Å². The zero-order valence-electron chi connectivity index (χ0n) is 8.73. The standard InChI is InChI=1S/C9H16N4O/c1-3-12-4-6-13(7-5-12)9-10-8(2)14-11-9/h3-7H2,1-2H3. The van der Waals surface area contributed by atoms with Gasteiger partial charge in [0, 0.05) is 33.1 Å². The number of hydrogen-bond donors (Lipinski definition) is 0. The van der Waals surface area contributed by atoms with Crippen molar-refractivity contribution in [2.45, 2.75) is 13.8 Å². The average molecular weight is 196 g/mol. The number of anilines is 1. The molecule has 0 radical (unpaired) electrons. The molecule has 1 aromatic heterocycles. The van der Waals surface area contributed by atoms with Gasteiger partial charge in [0.1, 0.15) is 0 Å². The maximum absolute atomic E-state index is 4.95. The molecule has 14 heavy (non-hydrogen) atoms. The minimum absolute atomic E-state index is 0.637. The Morgan fingerprint density at radius 3 is 2.50 bits per heavy atom. The van der Waals surface area contributed by atoms with Crippen molar-refractivity contribution >= 4 is 5.95 Å². The molecule has 1 aliphatic heterocycles. The molecule has 2 rings (SSSR count). The van der Waals surface area contributed by atoms with Gasteiger partial charge in [-0.15, -0.1) is 0 Å². The Bertz CT molecular complexity index is 291. The predicted molar refractivity (Wildman–Crippen MR) is 53.4 cm³/mol. The maximum atomic E-state index is 4.95. The van der Waals surface area contributed by atoms with E-state index in [-0.39, 0.29) is 0 Å². The van der Waals surface area contributed by atoms with Gasteiger partial charge in [-0.2, -0.15) is 4.98 Å². The van der Waals surface area contributed by atoms with E-state index in [1.807, 2.05) is 6.92 Å². The van der Waals surface area contributed by atoms with Crippen LogP contribution in [0, 0.1) is 6.92 Å². The van der Waals surface area contributed by atoms with E-state index in [4.69, 9.17) is 4.52 Å². The first-order valence-electron chi connectivity index (χ1n) is 5.07. The van der Waals surface area contributed by atoms with Crippen molar-refractivity contribution < 1.29 is 4.52 Å². The number of piperazine rings is 1. The van der Waals surface area contributed by atoms with E-state index in [0.29, 0.717) is 5.89 Å². The second kappa shape index (κ2) is 3.96. The van der Waals surface area contributed by atoms with E-state index < -0.39 is 0 Å². The van der Waals surface area contributed by atoms with E-state index in [9.17, 15) is 0 Å². The summed E-state index contributed by atoms with van der Waals surface area (Å²) < 4.78 is 4.95. The van der Waals surface area contributed by atoms with Crippen molar-refractivity contribution in [3.8, 4) is 0 Å². The summed E-state index contributed by atoms with van der Waals surface area (Å²) in [4.78, 5) is 8.80. The molecule has 2 heterocycles. The highest BCUT2D eigenvalue weighted by Gasteiger charge is 2.18. The third-order valence-corrected chi connectivity index (χ3v) is 2.62. The van der Waals surface area contributed by atoms with Crippen LogP contribution < -0.4 is 4.90 Å². The van der Waals surface area contributed by atoms with Gasteiger partial charge in [0.05, 0.1) is 0 Å². The molecule has 0 amide bonds. The summed E-state index contributed by atoms with van der Waals surface area (Å²) in [5.74, 6) is 1.37. The van der Waals surface area contributed by atoms with Crippen LogP contribution >= 0.6 is 0 Å². The fourth-order valence-electron chi connectivity index (χ4n) is 1.68. The van der Waals surface area contributed by atoms with Gasteiger partial charge in [-0.05, 0) is 11.7 Å². The average Bonchev–Trinajstić information content (AvgIpc) is 2.65. The van der Waals surface area contributed by atoms with Gasteiger partial charge >= 0.3 is 0 Å². The quantitative estimate of drug-likeness (QED) is 0.690. The van der Waals surface area contributed by atoms with Gasteiger partial charge < -0.3 is 14.3 Å². The Morgan fingerprint density at radius 1 is 1.29 bits per heavy atom. The zero-order chi connectivity index (χ0) is 9.97. The van der Waals surface area contributed by atoms with Crippen molar-refractivity contribution in [3.05, 3.63) is 5.89 Å². The van der Waals surface area contributed by atoms with Crippen molar-refractivity contribution in [1.29, 1.82) is 0 Å². The van der Waals surface area contributed by atoms with Crippen molar-refractivity contribution in [2.24, 2.45) is 0 Å². The first-order valence-corrected chi connectivity index (χ1v) is 5.07. The Balaban J connectivity index is 1.95. The number of hydrogen-bond acceptors (Lipinski definition) is 5. The van der Waals surface area contributed by atoms with Crippen LogP contribution in [-0.2, 0) is 0 Å². The number of likely N-dealkylation sites (N-methyl/N-ethyl adjacent to an activating group) is 1. The zero-order valence-corrected chi connectivity index (χ0v) is 8.73. The molecule has 0 aliphatic carbocycles. The largest absolute Gasteiger partial charge is 0.338 e. The SMILES string of the molecule is CCN1CCN(c2noc(C)n2)CC1. The summed E-state index contributed by atoms with van der Waals surface area (Å²) in [5.41, 5.74) is 0. The molecule has 0 bridgehead atoms. The molecule has 0 atom stereocenters. The molecule has 5 heteroatoms. The molecule has 1 aliphatic rings. The summed E-state index contributed by atoms with van der Waals surface area (Å²) in [6.07, 6.45) is 0. The van der Waals surface area contributed by atoms with Gasteiger partial charge in [-0.3, -0.25) is 0 Å². The highest BCUT2D eigenvalue weighted by Crippen LogP contribution is 2.11. The van der Waals surface area contributed by atoms with Crippen molar-refractivity contribution in [3.63, 3.8) is 0 Å². The Hall–Kier alpha value is -1.10. The third-order valence-electron chi connectivity index (χ3n) is 2.62. The molecular weight excluding hydrogens is 180 g/mol. The highest BCUT2D eigenvalue weighted by atomic mass is 16.5. The Labute approximate surface area is 83.7 Å². The normalized spacial score (nSPS) is 18.9. The Morgan fingerprint density at radius 2 is 2.00 bits per heavy atom. The van der Waals surface area contributed by atoms with Gasteiger partial charge in [-0.1, -0.05) is 6.92 Å². The lowest BCUT2D eigenvalue weighted by Crippen LogP contribution is -2.46. The molecule has 0 spiro atoms. The van der Waals surface area contributed by atoms with E-state index in [1.54, 1.807) is 0 Å². The number of nitrogens with zero attached hydrogens (tertiary/aromatic N) is 4. The molecule has 1 fully saturated rings. The number of aromatic nitrogens is 2. The third kappa shape index (κ3) is 1.87. The predicted octanol–water partition coefficient (Wildman–Crippen LogP) is 0.520. The van der Waals surface area contributed by atoms with Crippen LogP contribution in [0.1, 0.15) is 12.8 Å². The lowest BCUT2D eigenvalue weighted by atomic mass is 10.3. The summed E-state index contributed by atoms with van der Waals surface area (Å²) in [7, 11) is 0. The van der Waals surface area contributed by atoms with Gasteiger partial charge in [-0.25, -0.2) is 0 Å². The smallest absolute Gasteiger partial charge is 0.266 e. The molecular formula is C9H16N4O. The minimum atomic E-state index is 0.637. The van der Waals surface area contributed by atoms with Crippen molar-refractivity contribution in [2.75, 3.05) is 37.6 Å². The summed E-state index contributed by atoms with van der Waals surface area (Å²) in [5, 5.41) is 3.91. The minimum Gasteiger partial charge on any atom is -0.338 e. The van der Waals surface area contributed by atoms with Crippen LogP contribution in [-0.4, -0.2) is 47.8 Å². The molecule has 0 aromatic carbocycles. The van der Waals surface area contributed by atoms with Crippen molar-refractivity contribution in [1.82, 2.24) is 15.0 Å². The lowest BCUT2D eigenvalue weighted by molar-refractivity contribution is 0.268. The van der Waals surface area contributed by atoms with E-state index >= 15 is 0 Å². The topological polar surface area (TPSA) is 45.4 Å². The van der Waals surface area contributed by atoms with Crippen LogP contribution in [0.3, 0.4) is 0 Å². The summed E-state index contributed by atoms with van der Waals surface area (Å²) in [6, 6.07) is 0. The molecule has 0 unspecified atom stereocenters. The van der Waals surface area contributed by atoms with E-state index in [1.165, 1.54) is 0 Å². The molecule has 0 saturated carbocycles. The first-order chi connectivity index (χ1) is 6.79. The lowest BCUT2D eigenvalue weighted by Gasteiger charge is -2.32. The molecule has 1 saturated heterocycles. The fraction of sp³-hybridized carbons (Fsp3) is 0.778. The Kier molecular flexibility index (Phi) is 2.67. The second-order valence-electron chi connectivity index (χ2n) is 3.53. The molecule has 0 N–H and O–H groups in total. The van der Waals surface area contributed by atoms with Gasteiger partial charge in [0.2, 0.25) is 5.89 Å². The number of aryl methyl sites for hydroxylation is 1.